The van der Waals surface area contributed by atoms with Crippen LogP contribution in [0.5, 0.6) is 0 Å². The molecule has 4 unspecified atom stereocenters. The SMILES string of the molecule is CCC.CCC(C)CCC(C)C(C)CCC(C)C=O. The Morgan fingerprint density at radius 2 is 1.21 bits per heavy atom. The Hall–Kier alpha value is -0.330. The maximum Gasteiger partial charge on any atom is 0.122 e. The van der Waals surface area contributed by atoms with E-state index in [4.69, 9.17) is 0 Å². The van der Waals surface area contributed by atoms with Crippen molar-refractivity contribution < 1.29 is 4.79 Å². The molecule has 0 N–H and O–H groups in total. The van der Waals surface area contributed by atoms with E-state index in [0.29, 0.717) is 0 Å². The molecule has 0 bridgehead atoms. The van der Waals surface area contributed by atoms with Gasteiger partial charge in [-0.25, -0.2) is 0 Å². The van der Waals surface area contributed by atoms with Gasteiger partial charge in [0.15, 0.2) is 0 Å². The van der Waals surface area contributed by atoms with Crippen LogP contribution in [-0.2, 0) is 4.79 Å². The molecule has 0 aromatic rings. The van der Waals surface area contributed by atoms with Gasteiger partial charge in [-0.2, -0.15) is 0 Å². The molecule has 0 aliphatic rings. The van der Waals surface area contributed by atoms with Crippen LogP contribution < -0.4 is 0 Å². The maximum atomic E-state index is 10.5. The quantitative estimate of drug-likeness (QED) is 0.461. The second-order valence-electron chi connectivity index (χ2n) is 6.44. The first kappa shape index (κ1) is 21.0. The minimum absolute atomic E-state index is 0.240. The third-order valence-corrected chi connectivity index (χ3v) is 4.09. The Morgan fingerprint density at radius 3 is 1.58 bits per heavy atom. The van der Waals surface area contributed by atoms with Crippen LogP contribution in [0.2, 0.25) is 0 Å². The van der Waals surface area contributed by atoms with Crippen LogP contribution in [-0.4, -0.2) is 6.29 Å². The highest BCUT2D eigenvalue weighted by Gasteiger charge is 2.14. The average molecular weight is 271 g/mol. The summed E-state index contributed by atoms with van der Waals surface area (Å²) in [5, 5.41) is 0. The summed E-state index contributed by atoms with van der Waals surface area (Å²) in [4.78, 5) is 10.5. The summed E-state index contributed by atoms with van der Waals surface area (Å²) in [5.74, 6) is 2.66. The second-order valence-corrected chi connectivity index (χ2v) is 6.44. The number of aldehydes is 1. The Kier molecular flexibility index (Phi) is 15.6. The van der Waals surface area contributed by atoms with E-state index in [0.717, 1.165) is 30.5 Å². The molecule has 0 amide bonds. The van der Waals surface area contributed by atoms with Crippen molar-refractivity contribution in [3.8, 4) is 0 Å². The van der Waals surface area contributed by atoms with Crippen LogP contribution >= 0.6 is 0 Å². The molecule has 0 radical (unpaired) electrons. The molecule has 1 nitrogen and oxygen atoms in total. The van der Waals surface area contributed by atoms with Crippen LogP contribution in [0.3, 0.4) is 0 Å². The molecule has 0 aliphatic heterocycles. The lowest BCUT2D eigenvalue weighted by Gasteiger charge is -2.21. The summed E-state index contributed by atoms with van der Waals surface area (Å²) in [6.45, 7) is 15.6. The van der Waals surface area contributed by atoms with Gasteiger partial charge in [-0.1, -0.05) is 74.1 Å². The molecular weight excluding hydrogens is 232 g/mol. The summed E-state index contributed by atoms with van der Waals surface area (Å²) < 4.78 is 0. The van der Waals surface area contributed by atoms with Gasteiger partial charge < -0.3 is 4.79 Å². The molecule has 0 aliphatic carbocycles. The monoisotopic (exact) mass is 270 g/mol. The van der Waals surface area contributed by atoms with Crippen molar-refractivity contribution in [1.29, 1.82) is 0 Å². The van der Waals surface area contributed by atoms with Gasteiger partial charge in [0, 0.05) is 5.92 Å². The summed E-state index contributed by atoms with van der Waals surface area (Å²) in [5.41, 5.74) is 0. The van der Waals surface area contributed by atoms with Gasteiger partial charge in [0.1, 0.15) is 6.29 Å². The van der Waals surface area contributed by atoms with Crippen LogP contribution in [0, 0.1) is 23.7 Å². The van der Waals surface area contributed by atoms with Crippen molar-refractivity contribution in [1.82, 2.24) is 0 Å². The number of carbonyl (C=O) groups excluding carboxylic acids is 1. The number of carbonyl (C=O) groups is 1. The molecule has 0 aromatic heterocycles. The van der Waals surface area contributed by atoms with E-state index in [2.05, 4.69) is 41.5 Å². The van der Waals surface area contributed by atoms with Gasteiger partial charge in [-0.3, -0.25) is 0 Å². The van der Waals surface area contributed by atoms with Crippen molar-refractivity contribution in [3.05, 3.63) is 0 Å². The molecule has 1 heteroatoms. The lowest BCUT2D eigenvalue weighted by atomic mass is 9.84. The summed E-state index contributed by atoms with van der Waals surface area (Å²) in [6, 6.07) is 0. The van der Waals surface area contributed by atoms with Gasteiger partial charge >= 0.3 is 0 Å². The molecule has 0 saturated carbocycles. The van der Waals surface area contributed by atoms with E-state index in [1.165, 1.54) is 32.1 Å². The predicted molar refractivity (Wildman–Crippen MR) is 87.4 cm³/mol. The maximum absolute atomic E-state index is 10.5. The lowest BCUT2D eigenvalue weighted by molar-refractivity contribution is -0.110. The Labute approximate surface area is 122 Å². The topological polar surface area (TPSA) is 17.1 Å². The fraction of sp³-hybridized carbons (Fsp3) is 0.944. The van der Waals surface area contributed by atoms with Crippen LogP contribution in [0.25, 0.3) is 0 Å². The molecule has 0 fully saturated rings. The van der Waals surface area contributed by atoms with Crippen molar-refractivity contribution in [2.45, 2.75) is 87.0 Å². The fourth-order valence-electron chi connectivity index (χ4n) is 1.91. The summed E-state index contributed by atoms with van der Waals surface area (Å²) in [7, 11) is 0. The van der Waals surface area contributed by atoms with E-state index in [1.54, 1.807) is 0 Å². The Bertz CT molecular complexity index is 188. The van der Waals surface area contributed by atoms with Crippen LogP contribution in [0.4, 0.5) is 0 Å². The Morgan fingerprint density at radius 1 is 0.789 bits per heavy atom. The molecular formula is C18H38O. The van der Waals surface area contributed by atoms with Crippen LogP contribution in [0.1, 0.15) is 87.0 Å². The normalized spacial score (nSPS) is 16.8. The highest BCUT2D eigenvalue weighted by molar-refractivity contribution is 5.52. The zero-order valence-corrected chi connectivity index (χ0v) is 14.5. The van der Waals surface area contributed by atoms with Crippen molar-refractivity contribution in [2.75, 3.05) is 0 Å². The van der Waals surface area contributed by atoms with E-state index < -0.39 is 0 Å². The van der Waals surface area contributed by atoms with E-state index in [-0.39, 0.29) is 5.92 Å². The highest BCUT2D eigenvalue weighted by Crippen LogP contribution is 2.25. The minimum Gasteiger partial charge on any atom is -0.303 e. The standard InChI is InChI=1S/C15H30O.C3H8/c1-6-12(2)7-9-14(4)15(5)10-8-13(3)11-16;1-3-2/h11-15H,6-10H2,1-5H3;3H2,1-2H3. The zero-order chi connectivity index (χ0) is 15.3. The highest BCUT2D eigenvalue weighted by atomic mass is 16.1. The third-order valence-electron chi connectivity index (χ3n) is 4.09. The molecule has 0 spiro atoms. The lowest BCUT2D eigenvalue weighted by Crippen LogP contribution is -2.11. The van der Waals surface area contributed by atoms with Crippen molar-refractivity contribution in [2.24, 2.45) is 23.7 Å². The van der Waals surface area contributed by atoms with Gasteiger partial charge in [0.2, 0.25) is 0 Å². The molecule has 0 rings (SSSR count). The first-order valence-corrected chi connectivity index (χ1v) is 8.37. The van der Waals surface area contributed by atoms with Gasteiger partial charge in [-0.05, 0) is 30.6 Å². The van der Waals surface area contributed by atoms with E-state index >= 15 is 0 Å². The van der Waals surface area contributed by atoms with Gasteiger partial charge in [0.05, 0.1) is 0 Å². The van der Waals surface area contributed by atoms with Crippen molar-refractivity contribution >= 4 is 6.29 Å². The van der Waals surface area contributed by atoms with E-state index in [1.807, 2.05) is 6.92 Å². The number of hydrogen-bond donors (Lipinski definition) is 0. The van der Waals surface area contributed by atoms with Gasteiger partial charge in [0.25, 0.3) is 0 Å². The molecule has 0 saturated heterocycles. The molecule has 0 heterocycles. The predicted octanol–water partition coefficient (Wildman–Crippen LogP) is 6.12. The van der Waals surface area contributed by atoms with Gasteiger partial charge in [-0.15, -0.1) is 0 Å². The van der Waals surface area contributed by atoms with Crippen molar-refractivity contribution in [3.63, 3.8) is 0 Å². The summed E-state index contributed by atoms with van der Waals surface area (Å²) >= 11 is 0. The van der Waals surface area contributed by atoms with Crippen LogP contribution in [0.15, 0.2) is 0 Å². The smallest absolute Gasteiger partial charge is 0.122 e. The number of rotatable bonds is 9. The average Bonchev–Trinajstić information content (AvgIpc) is 2.41. The number of hydrogen-bond acceptors (Lipinski definition) is 1. The zero-order valence-electron chi connectivity index (χ0n) is 14.5. The molecule has 0 aromatic carbocycles. The summed E-state index contributed by atoms with van der Waals surface area (Å²) in [6.07, 6.45) is 8.57. The first-order chi connectivity index (χ1) is 8.92. The molecule has 116 valence electrons. The van der Waals surface area contributed by atoms with E-state index in [9.17, 15) is 4.79 Å². The minimum atomic E-state index is 0.240. The second kappa shape index (κ2) is 14.1. The fourth-order valence-corrected chi connectivity index (χ4v) is 1.91. The third kappa shape index (κ3) is 13.9. The molecule has 19 heavy (non-hydrogen) atoms. The Balaban J connectivity index is 0. The first-order valence-electron chi connectivity index (χ1n) is 8.37. The largest absolute Gasteiger partial charge is 0.303 e. The molecule has 4 atom stereocenters.